The van der Waals surface area contributed by atoms with E-state index in [2.05, 4.69) is 22.8 Å². The number of rotatable bonds is 7. The number of carboxylic acid groups (broad SMARTS) is 1. The number of hydrogen-bond donors (Lipinski definition) is 3. The van der Waals surface area contributed by atoms with Crippen LogP contribution in [0.2, 0.25) is 5.02 Å². The lowest BCUT2D eigenvalue weighted by atomic mass is 9.92. The number of hydrogen-bond acceptors (Lipinski definition) is 4. The molecule has 4 rings (SSSR count). The van der Waals surface area contributed by atoms with E-state index < -0.39 is 23.4 Å². The fourth-order valence-corrected chi connectivity index (χ4v) is 4.29. The summed E-state index contributed by atoms with van der Waals surface area (Å²) >= 11 is 5.88. The summed E-state index contributed by atoms with van der Waals surface area (Å²) in [4.78, 5) is 36.5. The maximum absolute atomic E-state index is 12.8. The lowest BCUT2D eigenvalue weighted by Crippen LogP contribution is -2.42. The van der Waals surface area contributed by atoms with Gasteiger partial charge < -0.3 is 20.5 Å². The van der Waals surface area contributed by atoms with Crippen molar-refractivity contribution in [3.8, 4) is 11.1 Å². The Bertz CT molecular complexity index is 1260. The van der Waals surface area contributed by atoms with Gasteiger partial charge >= 0.3 is 12.1 Å². The molecule has 3 N–H and O–H groups in total. The van der Waals surface area contributed by atoms with Gasteiger partial charge in [-0.15, -0.1) is 0 Å². The number of halogens is 1. The molecule has 0 atom stereocenters. The first kappa shape index (κ1) is 24.3. The highest BCUT2D eigenvalue weighted by Crippen LogP contribution is 2.44. The van der Waals surface area contributed by atoms with Crippen LogP contribution in [-0.4, -0.2) is 36.2 Å². The topological polar surface area (TPSA) is 105 Å². The van der Waals surface area contributed by atoms with E-state index in [1.54, 1.807) is 13.8 Å². The molecule has 0 aromatic heterocycles. The van der Waals surface area contributed by atoms with E-state index in [4.69, 9.17) is 16.3 Å². The highest BCUT2D eigenvalue weighted by molar-refractivity contribution is 6.33. The molecule has 0 heterocycles. The molecule has 0 fully saturated rings. The van der Waals surface area contributed by atoms with Crippen LogP contribution in [-0.2, 0) is 9.53 Å². The van der Waals surface area contributed by atoms with Gasteiger partial charge in [0.05, 0.1) is 16.0 Å². The molecule has 0 spiro atoms. The molecule has 8 heteroatoms. The van der Waals surface area contributed by atoms with Crippen molar-refractivity contribution in [2.24, 2.45) is 5.41 Å². The smallest absolute Gasteiger partial charge is 0.407 e. The largest absolute Gasteiger partial charge is 0.478 e. The lowest BCUT2D eigenvalue weighted by molar-refractivity contribution is -0.123. The van der Waals surface area contributed by atoms with E-state index in [9.17, 15) is 19.5 Å². The Kier molecular flexibility index (Phi) is 6.80. The number of benzene rings is 3. The van der Waals surface area contributed by atoms with Crippen molar-refractivity contribution in [1.29, 1.82) is 0 Å². The average molecular weight is 493 g/mol. The molecule has 35 heavy (non-hydrogen) atoms. The summed E-state index contributed by atoms with van der Waals surface area (Å²) in [6.45, 7) is 3.53. The molecule has 3 aromatic carbocycles. The first-order valence-electron chi connectivity index (χ1n) is 11.1. The van der Waals surface area contributed by atoms with Crippen molar-refractivity contribution in [3.05, 3.63) is 88.4 Å². The van der Waals surface area contributed by atoms with Gasteiger partial charge in [0.2, 0.25) is 5.91 Å². The molecule has 3 aromatic rings. The molecule has 0 bridgehead atoms. The second kappa shape index (κ2) is 9.80. The molecular weight excluding hydrogens is 468 g/mol. The number of fused-ring (bicyclic) bond motifs is 3. The van der Waals surface area contributed by atoms with Crippen LogP contribution in [0.25, 0.3) is 11.1 Å². The molecule has 0 aliphatic heterocycles. The first-order chi connectivity index (χ1) is 16.7. The lowest BCUT2D eigenvalue weighted by Gasteiger charge is -2.24. The Morgan fingerprint density at radius 1 is 0.971 bits per heavy atom. The van der Waals surface area contributed by atoms with Gasteiger partial charge in [-0.3, -0.25) is 4.79 Å². The van der Waals surface area contributed by atoms with Gasteiger partial charge in [-0.25, -0.2) is 9.59 Å². The quantitative estimate of drug-likeness (QED) is 0.401. The number of carbonyl (C=O) groups excluding carboxylic acids is 2. The molecule has 2 amide bonds. The molecule has 7 nitrogen and oxygen atoms in total. The van der Waals surface area contributed by atoms with Gasteiger partial charge in [0.1, 0.15) is 6.61 Å². The van der Waals surface area contributed by atoms with E-state index in [0.29, 0.717) is 5.69 Å². The van der Waals surface area contributed by atoms with Crippen molar-refractivity contribution in [2.75, 3.05) is 18.5 Å². The van der Waals surface area contributed by atoms with Crippen LogP contribution in [0, 0.1) is 5.41 Å². The zero-order valence-corrected chi connectivity index (χ0v) is 20.1. The number of carboxylic acids is 1. The summed E-state index contributed by atoms with van der Waals surface area (Å²) < 4.78 is 5.53. The zero-order chi connectivity index (χ0) is 25.2. The Balaban J connectivity index is 1.34. The minimum atomic E-state index is -1.19. The molecular formula is C27H25ClN2O5. The van der Waals surface area contributed by atoms with Crippen molar-refractivity contribution >= 4 is 35.3 Å². The van der Waals surface area contributed by atoms with Crippen molar-refractivity contribution in [3.63, 3.8) is 0 Å². The maximum atomic E-state index is 12.8. The number of nitrogens with one attached hydrogen (secondary N) is 2. The van der Waals surface area contributed by atoms with Gasteiger partial charge in [-0.1, -0.05) is 60.1 Å². The average Bonchev–Trinajstić information content (AvgIpc) is 3.16. The Hall–Kier alpha value is -3.84. The number of amides is 2. The van der Waals surface area contributed by atoms with E-state index in [-0.39, 0.29) is 29.7 Å². The van der Waals surface area contributed by atoms with E-state index >= 15 is 0 Å². The van der Waals surface area contributed by atoms with Crippen LogP contribution < -0.4 is 10.6 Å². The molecule has 180 valence electrons. The van der Waals surface area contributed by atoms with Crippen LogP contribution in [0.5, 0.6) is 0 Å². The number of ether oxygens (including phenoxy) is 1. The third kappa shape index (κ3) is 5.15. The van der Waals surface area contributed by atoms with Crippen LogP contribution in [0.15, 0.2) is 66.7 Å². The molecule has 0 saturated carbocycles. The normalized spacial score (nSPS) is 12.4. The molecule has 1 aliphatic carbocycles. The number of alkyl carbamates (subject to hydrolysis) is 1. The van der Waals surface area contributed by atoms with Gasteiger partial charge in [0, 0.05) is 18.2 Å². The number of aromatic carboxylic acids is 1. The Morgan fingerprint density at radius 3 is 2.17 bits per heavy atom. The Labute approximate surface area is 208 Å². The van der Waals surface area contributed by atoms with Crippen LogP contribution >= 0.6 is 11.6 Å². The number of anilines is 1. The molecule has 0 radical (unpaired) electrons. The first-order valence-corrected chi connectivity index (χ1v) is 11.5. The molecule has 0 unspecified atom stereocenters. The molecule has 1 aliphatic rings. The highest BCUT2D eigenvalue weighted by atomic mass is 35.5. The van der Waals surface area contributed by atoms with Crippen LogP contribution in [0.1, 0.15) is 41.3 Å². The van der Waals surface area contributed by atoms with Crippen LogP contribution in [0.3, 0.4) is 0 Å². The van der Waals surface area contributed by atoms with Gasteiger partial charge in [-0.05, 0) is 54.3 Å². The van der Waals surface area contributed by atoms with E-state index in [1.807, 2.05) is 36.4 Å². The second-order valence-corrected chi connectivity index (χ2v) is 9.42. The summed E-state index contributed by atoms with van der Waals surface area (Å²) in [5, 5.41) is 14.6. The number of carbonyl (C=O) groups is 3. The summed E-state index contributed by atoms with van der Waals surface area (Å²) in [6.07, 6.45) is -0.618. The minimum absolute atomic E-state index is 0.0227. The molecule has 0 saturated heterocycles. The van der Waals surface area contributed by atoms with Crippen molar-refractivity contribution < 1.29 is 24.2 Å². The summed E-state index contributed by atoms with van der Waals surface area (Å²) in [6, 6.07) is 20.4. The minimum Gasteiger partial charge on any atom is -0.478 e. The van der Waals surface area contributed by atoms with Crippen molar-refractivity contribution in [2.45, 2.75) is 19.8 Å². The highest BCUT2D eigenvalue weighted by Gasteiger charge is 2.31. The predicted octanol–water partition coefficient (Wildman–Crippen LogP) is 5.54. The zero-order valence-electron chi connectivity index (χ0n) is 19.3. The second-order valence-electron chi connectivity index (χ2n) is 9.02. The fraction of sp³-hybridized carbons (Fsp3) is 0.222. The monoisotopic (exact) mass is 492 g/mol. The van der Waals surface area contributed by atoms with E-state index in [0.717, 1.165) is 22.3 Å². The van der Waals surface area contributed by atoms with Gasteiger partial charge in [0.25, 0.3) is 0 Å². The van der Waals surface area contributed by atoms with E-state index in [1.165, 1.54) is 18.2 Å². The summed E-state index contributed by atoms with van der Waals surface area (Å²) in [5.74, 6) is -1.64. The summed E-state index contributed by atoms with van der Waals surface area (Å²) in [5.41, 5.74) is 3.71. The standard InChI is InChI=1S/C27H25ClN2O5/c1-27(2,25(33)30-16-11-12-23(28)21(13-16)24(31)32)15-29-26(34)35-14-22-19-9-5-3-7-17(19)18-8-4-6-10-20(18)22/h3-13,22H,14-15H2,1-2H3,(H,29,34)(H,30,33)(H,31,32). The third-order valence-corrected chi connectivity index (χ3v) is 6.42. The Morgan fingerprint density at radius 2 is 1.57 bits per heavy atom. The predicted molar refractivity (Wildman–Crippen MR) is 134 cm³/mol. The maximum Gasteiger partial charge on any atom is 0.407 e. The fourth-order valence-electron chi connectivity index (χ4n) is 4.09. The van der Waals surface area contributed by atoms with Crippen LogP contribution in [0.4, 0.5) is 10.5 Å². The third-order valence-electron chi connectivity index (χ3n) is 6.09. The van der Waals surface area contributed by atoms with Crippen molar-refractivity contribution in [1.82, 2.24) is 5.32 Å². The van der Waals surface area contributed by atoms with Gasteiger partial charge in [0.15, 0.2) is 0 Å². The summed E-state index contributed by atoms with van der Waals surface area (Å²) in [7, 11) is 0. The van der Waals surface area contributed by atoms with Gasteiger partial charge in [-0.2, -0.15) is 0 Å². The SMILES string of the molecule is CC(C)(CNC(=O)OCC1c2ccccc2-c2ccccc21)C(=O)Nc1ccc(Cl)c(C(=O)O)c1.